The van der Waals surface area contributed by atoms with Gasteiger partial charge in [0.1, 0.15) is 0 Å². The van der Waals surface area contributed by atoms with Crippen molar-refractivity contribution in [1.82, 2.24) is 9.13 Å². The van der Waals surface area contributed by atoms with Crippen molar-refractivity contribution in [2.24, 2.45) is 0 Å². The Morgan fingerprint density at radius 2 is 1.35 bits per heavy atom. The molecule has 1 unspecified atom stereocenters. The number of fused-ring (bicyclic) bond motifs is 5. The molecule has 2 aliphatic carbocycles. The number of rotatable bonds is 7. The molecule has 0 radical (unpaired) electrons. The van der Waals surface area contributed by atoms with E-state index in [2.05, 4.69) is 210 Å². The fraction of sp³-hybridized carbons (Fsp3) is 0.0566. The van der Waals surface area contributed by atoms with Gasteiger partial charge in [0.05, 0.1) is 27.5 Å². The summed E-state index contributed by atoms with van der Waals surface area (Å²) < 4.78 is 4.80. The molecule has 2 aliphatic rings. The monoisotopic (exact) mass is 702 g/mol. The molecule has 8 aromatic rings. The maximum absolute atomic E-state index is 3.57. The molecule has 10 rings (SSSR count). The van der Waals surface area contributed by atoms with Crippen molar-refractivity contribution in [2.75, 3.05) is 0 Å². The lowest BCUT2D eigenvalue weighted by Crippen LogP contribution is -2.29. The molecule has 0 N–H and O–H groups in total. The fourth-order valence-corrected chi connectivity index (χ4v) is 9.07. The molecular formula is C53H38N2. The zero-order valence-corrected chi connectivity index (χ0v) is 30.9. The highest BCUT2D eigenvalue weighted by atomic mass is 15.0. The van der Waals surface area contributed by atoms with Gasteiger partial charge in [-0.3, -0.25) is 0 Å². The average molecular weight is 703 g/mol. The zero-order chi connectivity index (χ0) is 36.9. The topological polar surface area (TPSA) is 9.86 Å². The second-order valence-electron chi connectivity index (χ2n) is 14.2. The van der Waals surface area contributed by atoms with Crippen LogP contribution in [-0.4, -0.2) is 9.13 Å². The van der Waals surface area contributed by atoms with Gasteiger partial charge in [0, 0.05) is 32.9 Å². The molecule has 0 saturated heterocycles. The molecule has 1 atom stereocenters. The van der Waals surface area contributed by atoms with Crippen LogP contribution in [0.4, 0.5) is 0 Å². The van der Waals surface area contributed by atoms with Gasteiger partial charge in [0.2, 0.25) is 0 Å². The van der Waals surface area contributed by atoms with E-state index in [0.717, 1.165) is 27.8 Å². The third-order valence-electron chi connectivity index (χ3n) is 11.3. The predicted molar refractivity (Wildman–Crippen MR) is 231 cm³/mol. The van der Waals surface area contributed by atoms with Gasteiger partial charge in [-0.25, -0.2) is 0 Å². The first-order chi connectivity index (χ1) is 27.2. The molecule has 0 amide bonds. The minimum atomic E-state index is -0.534. The molecule has 260 valence electrons. The van der Waals surface area contributed by atoms with Gasteiger partial charge in [-0.2, -0.15) is 0 Å². The molecular weight excluding hydrogens is 665 g/mol. The van der Waals surface area contributed by atoms with Crippen LogP contribution in [0, 0.1) is 0 Å². The summed E-state index contributed by atoms with van der Waals surface area (Å²) in [7, 11) is 0. The summed E-state index contributed by atoms with van der Waals surface area (Å²) in [5.41, 5.74) is 20.8. The first-order valence-electron chi connectivity index (χ1n) is 19.0. The van der Waals surface area contributed by atoms with Gasteiger partial charge < -0.3 is 9.13 Å². The summed E-state index contributed by atoms with van der Waals surface area (Å²) in [4.78, 5) is 0. The summed E-state index contributed by atoms with van der Waals surface area (Å²) in [6.07, 6.45) is 15.1. The van der Waals surface area contributed by atoms with E-state index in [9.17, 15) is 0 Å². The smallest absolute Gasteiger partial charge is 0.0714 e. The number of hydrogen-bond acceptors (Lipinski definition) is 0. The van der Waals surface area contributed by atoms with Gasteiger partial charge in [-0.15, -0.1) is 11.5 Å². The highest BCUT2D eigenvalue weighted by molar-refractivity contribution is 6.04. The van der Waals surface area contributed by atoms with Crippen LogP contribution in [0.1, 0.15) is 41.8 Å². The predicted octanol–water partition coefficient (Wildman–Crippen LogP) is 11.5. The largest absolute Gasteiger partial charge is 0.309 e. The number of hydrogen-bond donors (Lipinski definition) is 0. The van der Waals surface area contributed by atoms with Crippen LogP contribution in [0.5, 0.6) is 0 Å². The number of allylic oxidation sites excluding steroid dienone is 4. The van der Waals surface area contributed by atoms with Crippen LogP contribution >= 0.6 is 0 Å². The van der Waals surface area contributed by atoms with E-state index in [1.807, 2.05) is 19.1 Å². The lowest BCUT2D eigenvalue weighted by molar-refractivity contribution is 0.763. The first-order valence-corrected chi connectivity index (χ1v) is 19.0. The Bertz CT molecular complexity index is 3100. The lowest BCUT2D eigenvalue weighted by Gasteiger charge is -2.34. The van der Waals surface area contributed by atoms with Crippen molar-refractivity contribution < 1.29 is 0 Å². The minimum Gasteiger partial charge on any atom is -0.309 e. The standard InChI is InChI=1S/C53H38N2/c1-3-5-20-40-34-37-19-15-16-28-47(37)53(40,39-21-9-6-10-22-39)41-31-32-45-51(36-41)55(43-25-13-8-14-26-43)50(18-4-2)52(45)38-30-33-49-46(35-38)44-27-17-29-48(44)54(49)42-23-11-7-12-24-42/h3-4,6-26,28-36H,1-2H3/b18-4-. The molecule has 0 saturated carbocycles. The van der Waals surface area contributed by atoms with Gasteiger partial charge >= 0.3 is 0 Å². The Labute approximate surface area is 321 Å². The van der Waals surface area contributed by atoms with Crippen molar-refractivity contribution in [3.8, 4) is 22.5 Å². The number of nitrogens with zero attached hydrogens (tertiary/aromatic N) is 2. The SMILES string of the molecule is CC=C=CC1=Cc2ccccc2C1(c1ccccc1)c1ccc2c(-c3ccc4c(c3)c3c(n4-c4ccccc4)=CC=C=3)c(/C=C\C)n(-c3ccccc3)c2c1. The van der Waals surface area contributed by atoms with Crippen LogP contribution in [0.25, 0.3) is 68.3 Å². The van der Waals surface area contributed by atoms with E-state index >= 15 is 0 Å². The molecule has 2 heteroatoms. The van der Waals surface area contributed by atoms with E-state index in [1.54, 1.807) is 0 Å². The van der Waals surface area contributed by atoms with Crippen LogP contribution in [0.3, 0.4) is 0 Å². The summed E-state index contributed by atoms with van der Waals surface area (Å²) in [5.74, 6) is 0. The van der Waals surface area contributed by atoms with Crippen molar-refractivity contribution >= 4 is 45.8 Å². The molecule has 0 aliphatic heterocycles. The first kappa shape index (κ1) is 32.6. The number of para-hydroxylation sites is 2. The molecule has 0 bridgehead atoms. The molecule has 6 aromatic carbocycles. The maximum Gasteiger partial charge on any atom is 0.0714 e. The fourth-order valence-electron chi connectivity index (χ4n) is 9.07. The summed E-state index contributed by atoms with van der Waals surface area (Å²) in [6.45, 7) is 4.14. The highest BCUT2D eigenvalue weighted by Gasteiger charge is 2.44. The van der Waals surface area contributed by atoms with Crippen LogP contribution < -0.4 is 10.6 Å². The maximum atomic E-state index is 3.57. The second kappa shape index (κ2) is 13.1. The lowest BCUT2D eigenvalue weighted by atomic mass is 9.67. The summed E-state index contributed by atoms with van der Waals surface area (Å²) in [5, 5.41) is 4.71. The van der Waals surface area contributed by atoms with Crippen molar-refractivity contribution in [3.05, 3.63) is 226 Å². The summed E-state index contributed by atoms with van der Waals surface area (Å²) in [6, 6.07) is 55.3. The van der Waals surface area contributed by atoms with Gasteiger partial charge in [-0.05, 0) is 126 Å². The second-order valence-corrected chi connectivity index (χ2v) is 14.2. The van der Waals surface area contributed by atoms with E-state index in [4.69, 9.17) is 0 Å². The molecule has 0 fully saturated rings. The Morgan fingerprint density at radius 1 is 0.636 bits per heavy atom. The van der Waals surface area contributed by atoms with Crippen LogP contribution in [-0.2, 0) is 5.41 Å². The highest BCUT2D eigenvalue weighted by Crippen LogP contribution is 2.53. The normalized spacial score (nSPS) is 15.4. The van der Waals surface area contributed by atoms with E-state index in [1.165, 1.54) is 60.6 Å². The molecule has 0 spiro atoms. The van der Waals surface area contributed by atoms with Crippen molar-refractivity contribution in [2.45, 2.75) is 19.3 Å². The van der Waals surface area contributed by atoms with Crippen LogP contribution in [0.15, 0.2) is 187 Å². The Balaban J connectivity index is 1.29. The Kier molecular flexibility index (Phi) is 7.75. The Morgan fingerprint density at radius 3 is 2.09 bits per heavy atom. The quantitative estimate of drug-likeness (QED) is 0.146. The average Bonchev–Trinajstić information content (AvgIpc) is 4.00. The van der Waals surface area contributed by atoms with Gasteiger partial charge in [0.15, 0.2) is 0 Å². The minimum absolute atomic E-state index is 0.534. The van der Waals surface area contributed by atoms with Crippen LogP contribution in [0.2, 0.25) is 0 Å². The number of aromatic nitrogens is 2. The van der Waals surface area contributed by atoms with Gasteiger partial charge in [-0.1, -0.05) is 115 Å². The third-order valence-corrected chi connectivity index (χ3v) is 11.3. The Hall–Kier alpha value is -7.08. The van der Waals surface area contributed by atoms with Gasteiger partial charge in [0.25, 0.3) is 0 Å². The van der Waals surface area contributed by atoms with Crippen molar-refractivity contribution in [1.29, 1.82) is 0 Å². The molecule has 2 nitrogen and oxygen atoms in total. The zero-order valence-electron chi connectivity index (χ0n) is 30.9. The molecule has 55 heavy (non-hydrogen) atoms. The van der Waals surface area contributed by atoms with E-state index in [0.29, 0.717) is 0 Å². The molecule has 2 heterocycles. The van der Waals surface area contributed by atoms with E-state index in [-0.39, 0.29) is 0 Å². The van der Waals surface area contributed by atoms with E-state index < -0.39 is 5.41 Å². The molecule has 2 aromatic heterocycles. The summed E-state index contributed by atoms with van der Waals surface area (Å²) >= 11 is 0. The third kappa shape index (κ3) is 4.91. The number of benzene rings is 6. The van der Waals surface area contributed by atoms with Crippen molar-refractivity contribution in [3.63, 3.8) is 0 Å².